The normalized spacial score (nSPS) is 19.0. The van der Waals surface area contributed by atoms with Gasteiger partial charge in [0, 0.05) is 18.8 Å². The molecule has 12 heteroatoms. The first-order chi connectivity index (χ1) is 9.95. The molecular weight excluding hydrogens is 334 g/mol. The van der Waals surface area contributed by atoms with Crippen LogP contribution < -0.4 is 16.9 Å². The lowest BCUT2D eigenvalue weighted by Gasteiger charge is -2.22. The first-order valence-corrected chi connectivity index (χ1v) is 7.29. The van der Waals surface area contributed by atoms with Crippen LogP contribution in [0.15, 0.2) is 4.99 Å². The van der Waals surface area contributed by atoms with E-state index < -0.39 is 16.4 Å². The fraction of sp³-hybridized carbons (Fsp3) is 0.700. The summed E-state index contributed by atoms with van der Waals surface area (Å²) < 4.78 is 0. The molecule has 1 saturated heterocycles. The van der Waals surface area contributed by atoms with E-state index in [1.54, 1.807) is 5.43 Å². The van der Waals surface area contributed by atoms with E-state index in [2.05, 4.69) is 11.1 Å². The molecule has 0 spiro atoms. The van der Waals surface area contributed by atoms with Gasteiger partial charge in [-0.05, 0) is 12.8 Å². The molecule has 1 aliphatic rings. The number of hydrogen-bond acceptors (Lipinski definition) is 7. The molecule has 1 fully saturated rings. The highest BCUT2D eigenvalue weighted by Crippen LogP contribution is 2.23. The molecule has 0 unspecified atom stereocenters. The summed E-state index contributed by atoms with van der Waals surface area (Å²) in [5.74, 6) is 0.177. The predicted octanol–water partition coefficient (Wildman–Crippen LogP) is -0.963. The van der Waals surface area contributed by atoms with E-state index in [1.165, 1.54) is 16.7 Å². The fourth-order valence-electron chi connectivity index (χ4n) is 1.78. The van der Waals surface area contributed by atoms with Crippen LogP contribution in [0.3, 0.4) is 0 Å². The number of thioether (sulfide) groups is 1. The number of hydrogen-bond donors (Lipinski definition) is 3. The van der Waals surface area contributed by atoms with Crippen molar-refractivity contribution < 1.29 is 9.83 Å². The summed E-state index contributed by atoms with van der Waals surface area (Å²) in [5.41, 5.74) is 12.8. The summed E-state index contributed by atoms with van der Waals surface area (Å²) in [6.07, 6.45) is 0.832. The standard InChI is InChI=1S/C10H17N7O3S.ClH/c11-6-8-16(4-5-21-8)9(18)7(12)2-1-3-14-10(13)15-17(19)20;/h7-8H,1-5,12H2,(H3,13,14,15);1H/t7-,8-;/m0./s1. The van der Waals surface area contributed by atoms with E-state index in [4.69, 9.17) is 16.7 Å². The number of guanidine groups is 1. The second-order valence-corrected chi connectivity index (χ2v) is 5.46. The Balaban J connectivity index is 0.00000441. The van der Waals surface area contributed by atoms with Crippen LogP contribution in [0.25, 0.3) is 0 Å². The van der Waals surface area contributed by atoms with Crippen LogP contribution in [-0.2, 0) is 4.79 Å². The largest absolute Gasteiger partial charge is 0.365 e. The van der Waals surface area contributed by atoms with Gasteiger partial charge < -0.3 is 16.4 Å². The van der Waals surface area contributed by atoms with Gasteiger partial charge in [0.15, 0.2) is 10.4 Å². The zero-order valence-electron chi connectivity index (χ0n) is 11.7. The molecule has 0 saturated carbocycles. The van der Waals surface area contributed by atoms with Crippen molar-refractivity contribution in [2.24, 2.45) is 16.5 Å². The molecule has 5 N–H and O–H groups in total. The number of amides is 1. The third-order valence-corrected chi connectivity index (χ3v) is 3.86. The SMILES string of the molecule is Cl.N#C[C@@H]1SCCN1C(=O)[C@@H](N)CCCN=C(N)N[N+](=O)[O-]. The number of halogens is 1. The number of carbonyl (C=O) groups excluding carboxylic acids is 1. The van der Waals surface area contributed by atoms with Gasteiger partial charge in [0.05, 0.1) is 12.1 Å². The Morgan fingerprint density at radius 3 is 2.95 bits per heavy atom. The number of aliphatic imine (C=N–C) groups is 1. The molecule has 1 amide bonds. The maximum atomic E-state index is 12.1. The van der Waals surface area contributed by atoms with Gasteiger partial charge in [0.2, 0.25) is 5.91 Å². The highest BCUT2D eigenvalue weighted by Gasteiger charge is 2.31. The van der Waals surface area contributed by atoms with Gasteiger partial charge in [0.1, 0.15) is 0 Å². The second-order valence-electron chi connectivity index (χ2n) is 4.27. The first kappa shape index (κ1) is 20.2. The predicted molar refractivity (Wildman–Crippen MR) is 84.6 cm³/mol. The molecule has 1 heterocycles. The Morgan fingerprint density at radius 1 is 1.68 bits per heavy atom. The van der Waals surface area contributed by atoms with Crippen LogP contribution in [0.1, 0.15) is 12.8 Å². The van der Waals surface area contributed by atoms with Crippen molar-refractivity contribution in [2.75, 3.05) is 18.8 Å². The number of rotatable bonds is 6. The molecule has 0 bridgehead atoms. The fourth-order valence-corrected chi connectivity index (χ4v) is 2.77. The third kappa shape index (κ3) is 6.33. The van der Waals surface area contributed by atoms with Crippen molar-refractivity contribution in [3.63, 3.8) is 0 Å². The topological polar surface area (TPSA) is 164 Å². The van der Waals surface area contributed by atoms with Crippen LogP contribution in [0, 0.1) is 21.4 Å². The Morgan fingerprint density at radius 2 is 2.36 bits per heavy atom. The lowest BCUT2D eigenvalue weighted by molar-refractivity contribution is -0.525. The van der Waals surface area contributed by atoms with E-state index in [-0.39, 0.29) is 30.8 Å². The van der Waals surface area contributed by atoms with Gasteiger partial charge in [-0.25, -0.2) is 15.1 Å². The molecular formula is C10H18ClN7O3S. The Hall–Kier alpha value is -1.77. The van der Waals surface area contributed by atoms with Gasteiger partial charge >= 0.3 is 0 Å². The molecule has 0 aromatic heterocycles. The second kappa shape index (κ2) is 10.0. The van der Waals surface area contributed by atoms with Gasteiger partial charge in [-0.3, -0.25) is 4.79 Å². The maximum Gasteiger partial charge on any atom is 0.251 e. The number of nitrogens with two attached hydrogens (primary N) is 2. The number of carbonyl (C=O) groups is 1. The number of hydrazine groups is 1. The van der Waals surface area contributed by atoms with Crippen molar-refractivity contribution in [3.8, 4) is 6.07 Å². The van der Waals surface area contributed by atoms with Gasteiger partial charge in [0.25, 0.3) is 5.96 Å². The van der Waals surface area contributed by atoms with Crippen molar-refractivity contribution >= 4 is 36.0 Å². The molecule has 1 rings (SSSR count). The summed E-state index contributed by atoms with van der Waals surface area (Å²) in [4.78, 5) is 27.3. The summed E-state index contributed by atoms with van der Waals surface area (Å²) in [6.45, 7) is 0.747. The maximum absolute atomic E-state index is 12.1. The summed E-state index contributed by atoms with van der Waals surface area (Å²) >= 11 is 1.41. The van der Waals surface area contributed by atoms with Crippen molar-refractivity contribution in [2.45, 2.75) is 24.3 Å². The van der Waals surface area contributed by atoms with E-state index in [0.717, 1.165) is 5.75 Å². The zero-order valence-corrected chi connectivity index (χ0v) is 13.3. The summed E-state index contributed by atoms with van der Waals surface area (Å²) in [7, 11) is 0. The third-order valence-electron chi connectivity index (χ3n) is 2.76. The number of nitrogens with zero attached hydrogens (tertiary/aromatic N) is 4. The van der Waals surface area contributed by atoms with Gasteiger partial charge in [-0.1, -0.05) is 5.43 Å². The molecule has 0 aliphatic carbocycles. The number of nitro groups is 1. The molecule has 10 nitrogen and oxygen atoms in total. The Labute approximate surface area is 137 Å². The van der Waals surface area contributed by atoms with Crippen molar-refractivity contribution in [1.29, 1.82) is 5.26 Å². The highest BCUT2D eigenvalue weighted by molar-refractivity contribution is 8.00. The number of nitrogens with one attached hydrogen (secondary N) is 1. The quantitative estimate of drug-likeness (QED) is 0.181. The minimum atomic E-state index is -0.804. The molecule has 0 aromatic carbocycles. The average molecular weight is 352 g/mol. The Kier molecular flexibility index (Phi) is 9.23. The van der Waals surface area contributed by atoms with Crippen LogP contribution in [0.5, 0.6) is 0 Å². The molecule has 22 heavy (non-hydrogen) atoms. The molecule has 2 atom stereocenters. The van der Waals surface area contributed by atoms with Crippen LogP contribution >= 0.6 is 24.2 Å². The van der Waals surface area contributed by atoms with Crippen molar-refractivity contribution in [3.05, 3.63) is 10.1 Å². The monoisotopic (exact) mass is 351 g/mol. The lowest BCUT2D eigenvalue weighted by atomic mass is 10.1. The van der Waals surface area contributed by atoms with Gasteiger partial charge in [-0.2, -0.15) is 5.26 Å². The number of nitriles is 1. The summed E-state index contributed by atoms with van der Waals surface area (Å²) in [5, 5.41) is 17.7. The minimum absolute atomic E-state index is 0. The molecule has 0 aromatic rings. The zero-order chi connectivity index (χ0) is 15.8. The molecule has 124 valence electrons. The highest BCUT2D eigenvalue weighted by atomic mass is 35.5. The Bertz CT molecular complexity index is 470. The average Bonchev–Trinajstić information content (AvgIpc) is 2.90. The smallest absolute Gasteiger partial charge is 0.251 e. The van der Waals surface area contributed by atoms with Crippen LogP contribution in [0.2, 0.25) is 0 Å². The van der Waals surface area contributed by atoms with Gasteiger partial charge in [-0.15, -0.1) is 24.2 Å². The van der Waals surface area contributed by atoms with Crippen molar-refractivity contribution in [1.82, 2.24) is 10.3 Å². The van der Waals surface area contributed by atoms with Crippen LogP contribution in [-0.4, -0.2) is 52.1 Å². The minimum Gasteiger partial charge on any atom is -0.365 e. The van der Waals surface area contributed by atoms with E-state index in [1.807, 2.05) is 0 Å². The molecule has 1 aliphatic heterocycles. The van der Waals surface area contributed by atoms with E-state index in [0.29, 0.717) is 19.4 Å². The van der Waals surface area contributed by atoms with E-state index in [9.17, 15) is 14.9 Å². The van der Waals surface area contributed by atoms with E-state index >= 15 is 0 Å². The summed E-state index contributed by atoms with van der Waals surface area (Å²) in [6, 6.07) is 1.34. The van der Waals surface area contributed by atoms with Crippen LogP contribution in [0.4, 0.5) is 0 Å². The first-order valence-electron chi connectivity index (χ1n) is 6.24. The molecule has 0 radical (unpaired) electrons. The lowest BCUT2D eigenvalue weighted by Crippen LogP contribution is -2.45.